The predicted octanol–water partition coefficient (Wildman–Crippen LogP) is 4.41. The minimum absolute atomic E-state index is 0.152. The number of hydrogen-bond acceptors (Lipinski definition) is 4. The standard InChI is InChI=1S/C13H17NO.C12H21NOSi/c1-11(15)13-7-8-14(10-13)9-12-5-3-2-4-6-12;1-15(2,3)11-13(10-14)9-12-7-5-4-6-8-12/h2-6,13H,7-10H2,1H3;4-8,14H,9-11H2,1-3H3. The van der Waals surface area contributed by atoms with Gasteiger partial charge in [0.05, 0.1) is 14.8 Å². The highest BCUT2D eigenvalue weighted by Crippen LogP contribution is 2.19. The molecule has 0 aliphatic carbocycles. The molecule has 1 fully saturated rings. The van der Waals surface area contributed by atoms with E-state index in [-0.39, 0.29) is 12.6 Å². The number of nitrogens with zero attached hydrogens (tertiary/aromatic N) is 2. The van der Waals surface area contributed by atoms with E-state index in [0.717, 1.165) is 38.8 Å². The summed E-state index contributed by atoms with van der Waals surface area (Å²) in [6.45, 7) is 12.6. The Morgan fingerprint density at radius 2 is 1.60 bits per heavy atom. The van der Waals surface area contributed by atoms with Crippen molar-refractivity contribution in [1.29, 1.82) is 0 Å². The van der Waals surface area contributed by atoms with Crippen LogP contribution in [0.1, 0.15) is 24.5 Å². The quantitative estimate of drug-likeness (QED) is 0.501. The van der Waals surface area contributed by atoms with Crippen LogP contribution in [0.5, 0.6) is 0 Å². The Morgan fingerprint density at radius 3 is 2.07 bits per heavy atom. The third-order valence-electron chi connectivity index (χ3n) is 5.24. The Labute approximate surface area is 183 Å². The first-order chi connectivity index (χ1) is 14.3. The minimum atomic E-state index is -1.13. The van der Waals surface area contributed by atoms with Crippen molar-refractivity contribution in [2.75, 3.05) is 26.0 Å². The number of carbonyl (C=O) groups is 1. The molecule has 2 aromatic rings. The SMILES string of the molecule is CC(=O)C1CCN(Cc2ccccc2)C1.C[Si](C)(C)CN(CO)Cc1ccccc1. The van der Waals surface area contributed by atoms with E-state index in [9.17, 15) is 9.90 Å². The molecular formula is C25H38N2O2Si. The van der Waals surface area contributed by atoms with E-state index in [1.54, 1.807) is 6.92 Å². The van der Waals surface area contributed by atoms with Gasteiger partial charge in [0, 0.05) is 25.6 Å². The van der Waals surface area contributed by atoms with E-state index in [1.165, 1.54) is 11.1 Å². The van der Waals surface area contributed by atoms with Gasteiger partial charge in [-0.3, -0.25) is 14.6 Å². The van der Waals surface area contributed by atoms with E-state index >= 15 is 0 Å². The highest BCUT2D eigenvalue weighted by Gasteiger charge is 2.25. The van der Waals surface area contributed by atoms with Crippen LogP contribution in [0.4, 0.5) is 0 Å². The van der Waals surface area contributed by atoms with E-state index in [2.05, 4.69) is 65.8 Å². The van der Waals surface area contributed by atoms with Crippen LogP contribution in [-0.4, -0.2) is 54.8 Å². The molecule has 5 heteroatoms. The highest BCUT2D eigenvalue weighted by atomic mass is 28.3. The molecule has 2 aromatic carbocycles. The Balaban J connectivity index is 0.000000214. The average Bonchev–Trinajstić information content (AvgIpc) is 3.17. The molecular weight excluding hydrogens is 388 g/mol. The van der Waals surface area contributed by atoms with Crippen molar-refractivity contribution in [1.82, 2.24) is 9.80 Å². The van der Waals surface area contributed by atoms with E-state index in [1.807, 2.05) is 24.3 Å². The van der Waals surface area contributed by atoms with Gasteiger partial charge in [0.25, 0.3) is 0 Å². The van der Waals surface area contributed by atoms with Crippen molar-refractivity contribution in [2.24, 2.45) is 5.92 Å². The summed E-state index contributed by atoms with van der Waals surface area (Å²) in [6.07, 6.45) is 2.07. The lowest BCUT2D eigenvalue weighted by Crippen LogP contribution is -2.40. The molecule has 3 rings (SSSR count). The molecule has 0 spiro atoms. The summed E-state index contributed by atoms with van der Waals surface area (Å²) in [7, 11) is -1.13. The number of ketones is 1. The summed E-state index contributed by atoms with van der Waals surface area (Å²) < 4.78 is 0. The lowest BCUT2D eigenvalue weighted by molar-refractivity contribution is -0.120. The van der Waals surface area contributed by atoms with Crippen molar-refractivity contribution in [2.45, 2.75) is 46.1 Å². The van der Waals surface area contributed by atoms with Gasteiger partial charge in [-0.25, -0.2) is 0 Å². The van der Waals surface area contributed by atoms with E-state index in [4.69, 9.17) is 0 Å². The van der Waals surface area contributed by atoms with Gasteiger partial charge in [-0.05, 0) is 37.2 Å². The fourth-order valence-corrected chi connectivity index (χ4v) is 5.37. The van der Waals surface area contributed by atoms with Crippen molar-refractivity contribution >= 4 is 13.9 Å². The number of aliphatic hydroxyl groups is 1. The first-order valence-electron chi connectivity index (χ1n) is 10.9. The second-order valence-electron chi connectivity index (χ2n) is 9.49. The summed E-state index contributed by atoms with van der Waals surface area (Å²) in [6, 6.07) is 20.7. The fourth-order valence-electron chi connectivity index (χ4n) is 3.82. The van der Waals surface area contributed by atoms with Crippen LogP contribution >= 0.6 is 0 Å². The maximum Gasteiger partial charge on any atom is 0.134 e. The lowest BCUT2D eigenvalue weighted by Gasteiger charge is -2.26. The number of rotatable bonds is 8. The van der Waals surface area contributed by atoms with Crippen LogP contribution in [0.3, 0.4) is 0 Å². The largest absolute Gasteiger partial charge is 0.381 e. The normalized spacial score (nSPS) is 16.9. The van der Waals surface area contributed by atoms with Gasteiger partial charge >= 0.3 is 0 Å². The van der Waals surface area contributed by atoms with Crippen LogP contribution in [0.15, 0.2) is 60.7 Å². The Bertz CT molecular complexity index is 747. The van der Waals surface area contributed by atoms with Crippen molar-refractivity contribution < 1.29 is 9.90 Å². The molecule has 1 saturated heterocycles. The van der Waals surface area contributed by atoms with Gasteiger partial charge in [0.2, 0.25) is 0 Å². The van der Waals surface area contributed by atoms with Gasteiger partial charge < -0.3 is 5.11 Å². The number of benzene rings is 2. The van der Waals surface area contributed by atoms with Crippen molar-refractivity contribution in [3.8, 4) is 0 Å². The molecule has 1 atom stereocenters. The van der Waals surface area contributed by atoms with Crippen molar-refractivity contribution in [3.05, 3.63) is 71.8 Å². The lowest BCUT2D eigenvalue weighted by atomic mass is 10.1. The topological polar surface area (TPSA) is 43.8 Å². The summed E-state index contributed by atoms with van der Waals surface area (Å²) in [5.41, 5.74) is 2.60. The van der Waals surface area contributed by atoms with Crippen LogP contribution < -0.4 is 0 Å². The molecule has 164 valence electrons. The smallest absolute Gasteiger partial charge is 0.134 e. The summed E-state index contributed by atoms with van der Waals surface area (Å²) in [5.74, 6) is 0.610. The summed E-state index contributed by atoms with van der Waals surface area (Å²) in [4.78, 5) is 15.7. The first-order valence-corrected chi connectivity index (χ1v) is 14.6. The van der Waals surface area contributed by atoms with Gasteiger partial charge in [0.1, 0.15) is 5.78 Å². The zero-order valence-corrected chi connectivity index (χ0v) is 20.1. The first kappa shape index (κ1) is 24.5. The summed E-state index contributed by atoms with van der Waals surface area (Å²) >= 11 is 0. The Morgan fingerprint density at radius 1 is 1.03 bits per heavy atom. The molecule has 0 aromatic heterocycles. The van der Waals surface area contributed by atoms with Crippen LogP contribution in [0.25, 0.3) is 0 Å². The Kier molecular flexibility index (Phi) is 9.92. The molecule has 0 saturated carbocycles. The number of carbonyl (C=O) groups excluding carboxylic acids is 1. The van der Waals surface area contributed by atoms with Gasteiger partial charge in [0.15, 0.2) is 0 Å². The third-order valence-corrected chi connectivity index (χ3v) is 6.64. The maximum atomic E-state index is 11.2. The molecule has 1 N–H and O–H groups in total. The van der Waals surface area contributed by atoms with Gasteiger partial charge in [-0.15, -0.1) is 0 Å². The van der Waals surface area contributed by atoms with Crippen LogP contribution in [-0.2, 0) is 17.9 Å². The Hall–Kier alpha value is -1.79. The third kappa shape index (κ3) is 9.35. The highest BCUT2D eigenvalue weighted by molar-refractivity contribution is 6.76. The van der Waals surface area contributed by atoms with E-state index in [0.29, 0.717) is 5.78 Å². The zero-order valence-electron chi connectivity index (χ0n) is 19.1. The monoisotopic (exact) mass is 426 g/mol. The second kappa shape index (κ2) is 12.2. The molecule has 1 heterocycles. The number of aliphatic hydroxyl groups excluding tert-OH is 1. The predicted molar refractivity (Wildman–Crippen MR) is 128 cm³/mol. The van der Waals surface area contributed by atoms with Gasteiger partial charge in [-0.2, -0.15) is 0 Å². The molecule has 1 aliphatic heterocycles. The molecule has 30 heavy (non-hydrogen) atoms. The maximum absolute atomic E-state index is 11.2. The second-order valence-corrected chi connectivity index (χ2v) is 14.9. The van der Waals surface area contributed by atoms with Crippen LogP contribution in [0, 0.1) is 5.92 Å². The van der Waals surface area contributed by atoms with E-state index < -0.39 is 8.07 Å². The molecule has 1 aliphatic rings. The van der Waals surface area contributed by atoms with Gasteiger partial charge in [-0.1, -0.05) is 80.3 Å². The number of Topliss-reactive ketones (excluding diaryl/α,β-unsaturated/α-hetero) is 1. The molecule has 0 amide bonds. The number of likely N-dealkylation sites (tertiary alicyclic amines) is 1. The minimum Gasteiger partial charge on any atom is -0.381 e. The molecule has 1 unspecified atom stereocenters. The average molecular weight is 427 g/mol. The molecule has 0 bridgehead atoms. The molecule has 0 radical (unpaired) electrons. The summed E-state index contributed by atoms with van der Waals surface area (Å²) in [5, 5.41) is 9.30. The zero-order chi connectivity index (χ0) is 22.0. The van der Waals surface area contributed by atoms with Crippen molar-refractivity contribution in [3.63, 3.8) is 0 Å². The number of hydrogen-bond donors (Lipinski definition) is 1. The van der Waals surface area contributed by atoms with Crippen LogP contribution in [0.2, 0.25) is 19.6 Å². The fraction of sp³-hybridized carbons (Fsp3) is 0.480. The molecule has 4 nitrogen and oxygen atoms in total.